The summed E-state index contributed by atoms with van der Waals surface area (Å²) < 4.78 is 0. The lowest BCUT2D eigenvalue weighted by molar-refractivity contribution is -0.124. The molecular formula is C10H18N2O2Si. The molecule has 4 nitrogen and oxygen atoms in total. The minimum atomic E-state index is -1.39. The van der Waals surface area contributed by atoms with Gasteiger partial charge in [-0.15, -0.1) is 0 Å². The van der Waals surface area contributed by atoms with Crippen LogP contribution in [0.25, 0.3) is 0 Å². The number of urea groups is 1. The van der Waals surface area contributed by atoms with Crippen molar-refractivity contribution in [2.75, 3.05) is 12.7 Å². The average molecular weight is 226 g/mol. The molecule has 1 heterocycles. The Balaban J connectivity index is 2.06. The number of imide groups is 1. The second kappa shape index (κ2) is 3.33. The van der Waals surface area contributed by atoms with Gasteiger partial charge < -0.3 is 4.90 Å². The van der Waals surface area contributed by atoms with E-state index >= 15 is 0 Å². The van der Waals surface area contributed by atoms with Gasteiger partial charge in [-0.2, -0.15) is 0 Å². The van der Waals surface area contributed by atoms with E-state index in [2.05, 4.69) is 19.6 Å². The highest BCUT2D eigenvalue weighted by Gasteiger charge is 2.44. The van der Waals surface area contributed by atoms with Crippen LogP contribution in [0.15, 0.2) is 0 Å². The fourth-order valence-corrected chi connectivity index (χ4v) is 3.12. The van der Waals surface area contributed by atoms with Crippen molar-refractivity contribution in [3.8, 4) is 0 Å². The van der Waals surface area contributed by atoms with Crippen LogP contribution >= 0.6 is 0 Å². The second-order valence-corrected chi connectivity index (χ2v) is 11.1. The van der Waals surface area contributed by atoms with Crippen molar-refractivity contribution in [2.45, 2.75) is 38.5 Å². The number of carbonyl (C=O) groups is 2. The molecule has 1 aliphatic carbocycles. The number of nitrogens with zero attached hydrogens (tertiary/aromatic N) is 2. The normalized spacial score (nSPS) is 22.9. The lowest BCUT2D eigenvalue weighted by Crippen LogP contribution is -2.44. The molecule has 0 spiro atoms. The molecule has 0 aromatic heterocycles. The Kier molecular flexibility index (Phi) is 2.37. The molecule has 3 amide bonds. The Morgan fingerprint density at radius 1 is 1.27 bits per heavy atom. The van der Waals surface area contributed by atoms with E-state index in [0.29, 0.717) is 18.8 Å². The van der Waals surface area contributed by atoms with Crippen molar-refractivity contribution in [2.24, 2.45) is 0 Å². The smallest absolute Gasteiger partial charge is 0.312 e. The summed E-state index contributed by atoms with van der Waals surface area (Å²) in [5.74, 6) is -0.00525. The fourth-order valence-electron chi connectivity index (χ4n) is 1.86. The first-order chi connectivity index (χ1) is 6.88. The molecule has 15 heavy (non-hydrogen) atoms. The number of hydrogen-bond donors (Lipinski definition) is 0. The van der Waals surface area contributed by atoms with E-state index in [4.69, 9.17) is 0 Å². The predicted octanol–water partition coefficient (Wildman–Crippen LogP) is 1.29. The van der Waals surface area contributed by atoms with Gasteiger partial charge in [-0.3, -0.25) is 9.69 Å². The summed E-state index contributed by atoms with van der Waals surface area (Å²) in [5, 5.41) is 0. The van der Waals surface area contributed by atoms with Gasteiger partial charge in [0.25, 0.3) is 0 Å². The van der Waals surface area contributed by atoms with E-state index in [1.165, 1.54) is 4.90 Å². The van der Waals surface area contributed by atoms with Gasteiger partial charge in [0, 0.05) is 12.2 Å². The summed E-state index contributed by atoms with van der Waals surface area (Å²) >= 11 is 0. The first-order valence-corrected chi connectivity index (χ1v) is 9.20. The summed E-state index contributed by atoms with van der Waals surface area (Å²) in [7, 11) is -1.39. The molecule has 0 bridgehead atoms. The molecule has 0 aromatic carbocycles. The Labute approximate surface area is 91.2 Å². The van der Waals surface area contributed by atoms with Crippen molar-refractivity contribution in [1.82, 2.24) is 9.80 Å². The standard InChI is InChI=1S/C10H18N2O2Si/c1-15(2,3)7-12-9(13)6-11(10(12)14)8-4-5-8/h8H,4-7H2,1-3H3. The monoisotopic (exact) mass is 226 g/mol. The number of carbonyl (C=O) groups excluding carboxylic acids is 2. The zero-order chi connectivity index (χ0) is 11.2. The molecule has 2 fully saturated rings. The van der Waals surface area contributed by atoms with Gasteiger partial charge >= 0.3 is 6.03 Å². The maximum atomic E-state index is 11.9. The van der Waals surface area contributed by atoms with Crippen molar-refractivity contribution in [3.63, 3.8) is 0 Å². The highest BCUT2D eigenvalue weighted by molar-refractivity contribution is 6.76. The SMILES string of the molecule is C[Si](C)(C)CN1C(=O)CN(C2CC2)C1=O. The van der Waals surface area contributed by atoms with Crippen LogP contribution in [-0.4, -0.2) is 48.6 Å². The summed E-state index contributed by atoms with van der Waals surface area (Å²) in [6, 6.07) is 0.304. The van der Waals surface area contributed by atoms with Crippen LogP contribution in [0.3, 0.4) is 0 Å². The van der Waals surface area contributed by atoms with Gasteiger partial charge in [-0.05, 0) is 12.8 Å². The van der Waals surface area contributed by atoms with Crippen LogP contribution in [0.1, 0.15) is 12.8 Å². The molecule has 1 aliphatic heterocycles. The first kappa shape index (κ1) is 10.7. The Morgan fingerprint density at radius 3 is 2.33 bits per heavy atom. The maximum absolute atomic E-state index is 11.9. The maximum Gasteiger partial charge on any atom is 0.327 e. The van der Waals surface area contributed by atoms with Gasteiger partial charge in [0.1, 0.15) is 6.54 Å². The van der Waals surface area contributed by atoms with E-state index < -0.39 is 8.07 Å². The molecule has 0 atom stereocenters. The van der Waals surface area contributed by atoms with Crippen LogP contribution in [-0.2, 0) is 4.79 Å². The zero-order valence-electron chi connectivity index (χ0n) is 9.62. The van der Waals surface area contributed by atoms with Gasteiger partial charge in [-0.1, -0.05) is 19.6 Å². The van der Waals surface area contributed by atoms with Crippen LogP contribution in [0.5, 0.6) is 0 Å². The molecule has 0 radical (unpaired) electrons. The van der Waals surface area contributed by atoms with Crippen molar-refractivity contribution in [1.29, 1.82) is 0 Å². The minimum Gasteiger partial charge on any atom is -0.312 e. The molecule has 0 aromatic rings. The van der Waals surface area contributed by atoms with Crippen molar-refractivity contribution in [3.05, 3.63) is 0 Å². The molecular weight excluding hydrogens is 208 g/mol. The van der Waals surface area contributed by atoms with Crippen molar-refractivity contribution < 1.29 is 9.59 Å². The summed E-state index contributed by atoms with van der Waals surface area (Å²) in [4.78, 5) is 26.8. The Hall–Kier alpha value is -0.843. The van der Waals surface area contributed by atoms with E-state index in [-0.39, 0.29) is 11.9 Å². The van der Waals surface area contributed by atoms with Crippen LogP contribution < -0.4 is 0 Å². The second-order valence-electron chi connectivity index (χ2n) is 5.68. The number of rotatable bonds is 3. The third-order valence-electron chi connectivity index (χ3n) is 2.70. The molecule has 5 heteroatoms. The molecule has 0 unspecified atom stereocenters. The van der Waals surface area contributed by atoms with E-state index in [0.717, 1.165) is 12.8 Å². The molecule has 2 rings (SSSR count). The number of hydrogen-bond acceptors (Lipinski definition) is 2. The van der Waals surface area contributed by atoms with Gasteiger partial charge in [0.05, 0.1) is 8.07 Å². The molecule has 2 aliphatic rings. The van der Waals surface area contributed by atoms with Crippen LogP contribution in [0.4, 0.5) is 4.79 Å². The zero-order valence-corrected chi connectivity index (χ0v) is 10.6. The Bertz CT molecular complexity index is 307. The van der Waals surface area contributed by atoms with Gasteiger partial charge in [0.2, 0.25) is 5.91 Å². The Morgan fingerprint density at radius 2 is 1.87 bits per heavy atom. The first-order valence-electron chi connectivity index (χ1n) is 5.49. The lowest BCUT2D eigenvalue weighted by Gasteiger charge is -2.23. The summed E-state index contributed by atoms with van der Waals surface area (Å²) in [6.45, 7) is 6.84. The lowest BCUT2D eigenvalue weighted by atomic mass is 10.5. The average Bonchev–Trinajstić information content (AvgIpc) is 2.87. The van der Waals surface area contributed by atoms with Crippen LogP contribution in [0.2, 0.25) is 19.6 Å². The summed E-state index contributed by atoms with van der Waals surface area (Å²) in [5.41, 5.74) is 0. The molecule has 0 N–H and O–H groups in total. The quantitative estimate of drug-likeness (QED) is 0.537. The topological polar surface area (TPSA) is 40.6 Å². The largest absolute Gasteiger partial charge is 0.327 e. The van der Waals surface area contributed by atoms with E-state index in [1.54, 1.807) is 4.90 Å². The van der Waals surface area contributed by atoms with Gasteiger partial charge in [0.15, 0.2) is 0 Å². The summed E-state index contributed by atoms with van der Waals surface area (Å²) in [6.07, 6.45) is 2.80. The van der Waals surface area contributed by atoms with Gasteiger partial charge in [-0.25, -0.2) is 4.79 Å². The molecule has 1 saturated heterocycles. The fraction of sp³-hybridized carbons (Fsp3) is 0.800. The van der Waals surface area contributed by atoms with Crippen LogP contribution in [0, 0.1) is 0 Å². The molecule has 84 valence electrons. The van der Waals surface area contributed by atoms with E-state index in [1.807, 2.05) is 0 Å². The highest BCUT2D eigenvalue weighted by atomic mass is 28.3. The number of amides is 3. The predicted molar refractivity (Wildman–Crippen MR) is 60.2 cm³/mol. The molecule has 1 saturated carbocycles. The third-order valence-corrected chi connectivity index (χ3v) is 3.97. The highest BCUT2D eigenvalue weighted by Crippen LogP contribution is 2.30. The van der Waals surface area contributed by atoms with Crippen molar-refractivity contribution >= 4 is 20.0 Å². The minimum absolute atomic E-state index is 0.00525. The third kappa shape index (κ3) is 2.22. The van der Waals surface area contributed by atoms with E-state index in [9.17, 15) is 9.59 Å².